The smallest absolute Gasteiger partial charge is 0.133 e. The molecule has 0 amide bonds. The average Bonchev–Trinajstić information content (AvgIpc) is 2.30. The van der Waals surface area contributed by atoms with Crippen LogP contribution in [-0.4, -0.2) is 5.78 Å². The first kappa shape index (κ1) is 5.45. The van der Waals surface area contributed by atoms with E-state index in [0.717, 1.165) is 11.8 Å². The molecule has 2 rings (SSSR count). The molecule has 2 unspecified atom stereocenters. The van der Waals surface area contributed by atoms with Crippen LogP contribution in [0.4, 0.5) is 0 Å². The van der Waals surface area contributed by atoms with E-state index in [1.54, 1.807) is 6.92 Å². The number of rotatable bonds is 1. The van der Waals surface area contributed by atoms with E-state index >= 15 is 0 Å². The predicted molar refractivity (Wildman–Crippen MR) is 35.0 cm³/mol. The SMILES string of the molecule is CC(=O)C1C2CCCC21. The Bertz CT molecular complexity index is 141. The Balaban J connectivity index is 2.02. The summed E-state index contributed by atoms with van der Waals surface area (Å²) in [4.78, 5) is 10.8. The Morgan fingerprint density at radius 2 is 1.89 bits per heavy atom. The lowest BCUT2D eigenvalue weighted by atomic mass is 10.1. The topological polar surface area (TPSA) is 17.1 Å². The van der Waals surface area contributed by atoms with Gasteiger partial charge in [0.15, 0.2) is 0 Å². The highest BCUT2D eigenvalue weighted by Gasteiger charge is 2.54. The van der Waals surface area contributed by atoms with E-state index in [4.69, 9.17) is 0 Å². The van der Waals surface area contributed by atoms with Crippen molar-refractivity contribution in [3.05, 3.63) is 0 Å². The van der Waals surface area contributed by atoms with E-state index in [-0.39, 0.29) is 0 Å². The quantitative estimate of drug-likeness (QED) is 0.519. The van der Waals surface area contributed by atoms with Crippen molar-refractivity contribution in [1.29, 1.82) is 0 Å². The lowest BCUT2D eigenvalue weighted by molar-refractivity contribution is -0.118. The van der Waals surface area contributed by atoms with Crippen molar-refractivity contribution in [2.24, 2.45) is 17.8 Å². The number of hydrogen-bond acceptors (Lipinski definition) is 1. The molecule has 1 nitrogen and oxygen atoms in total. The predicted octanol–water partition coefficient (Wildman–Crippen LogP) is 1.62. The lowest BCUT2D eigenvalue weighted by Gasteiger charge is -1.94. The molecule has 2 atom stereocenters. The van der Waals surface area contributed by atoms with Crippen molar-refractivity contribution in [2.45, 2.75) is 26.2 Å². The van der Waals surface area contributed by atoms with E-state index in [2.05, 4.69) is 0 Å². The van der Waals surface area contributed by atoms with Gasteiger partial charge in [0.25, 0.3) is 0 Å². The van der Waals surface area contributed by atoms with Gasteiger partial charge < -0.3 is 0 Å². The molecule has 2 saturated carbocycles. The third-order valence-electron chi connectivity index (χ3n) is 2.88. The molecule has 0 aliphatic heterocycles. The van der Waals surface area contributed by atoms with E-state index in [1.165, 1.54) is 19.3 Å². The summed E-state index contributed by atoms with van der Waals surface area (Å²) in [5, 5.41) is 0. The first-order valence-corrected chi connectivity index (χ1v) is 3.81. The fourth-order valence-electron chi connectivity index (χ4n) is 2.42. The van der Waals surface area contributed by atoms with Crippen molar-refractivity contribution >= 4 is 5.78 Å². The first-order valence-electron chi connectivity index (χ1n) is 3.81. The number of ketones is 1. The Hall–Kier alpha value is -0.330. The van der Waals surface area contributed by atoms with Gasteiger partial charge in [-0.2, -0.15) is 0 Å². The maximum atomic E-state index is 10.8. The number of carbonyl (C=O) groups is 1. The zero-order chi connectivity index (χ0) is 6.43. The maximum absolute atomic E-state index is 10.8. The summed E-state index contributed by atoms with van der Waals surface area (Å²) in [7, 11) is 0. The van der Waals surface area contributed by atoms with Gasteiger partial charge in [-0.1, -0.05) is 6.42 Å². The van der Waals surface area contributed by atoms with Crippen LogP contribution in [0.25, 0.3) is 0 Å². The number of fused-ring (bicyclic) bond motifs is 1. The highest BCUT2D eigenvalue weighted by molar-refractivity contribution is 5.82. The molecule has 0 aromatic rings. The molecular formula is C8H12O. The summed E-state index contributed by atoms with van der Waals surface area (Å²) in [6.07, 6.45) is 4.03. The molecule has 0 radical (unpaired) electrons. The fourth-order valence-corrected chi connectivity index (χ4v) is 2.42. The number of hydrogen-bond donors (Lipinski definition) is 0. The maximum Gasteiger partial charge on any atom is 0.133 e. The van der Waals surface area contributed by atoms with Gasteiger partial charge in [-0.3, -0.25) is 4.79 Å². The van der Waals surface area contributed by atoms with E-state index in [0.29, 0.717) is 11.7 Å². The van der Waals surface area contributed by atoms with Crippen LogP contribution in [0.15, 0.2) is 0 Å². The van der Waals surface area contributed by atoms with E-state index in [1.807, 2.05) is 0 Å². The van der Waals surface area contributed by atoms with Crippen molar-refractivity contribution < 1.29 is 4.79 Å². The second-order valence-electron chi connectivity index (χ2n) is 3.40. The standard InChI is InChI=1S/C8H12O/c1-5(9)8-6-3-2-4-7(6)8/h6-8H,2-4H2,1H3. The van der Waals surface area contributed by atoms with Gasteiger partial charge >= 0.3 is 0 Å². The highest BCUT2D eigenvalue weighted by atomic mass is 16.1. The molecule has 0 bridgehead atoms. The molecule has 1 heteroatoms. The Labute approximate surface area is 55.4 Å². The van der Waals surface area contributed by atoms with Crippen LogP contribution in [-0.2, 0) is 4.79 Å². The van der Waals surface area contributed by atoms with Crippen molar-refractivity contribution in [3.63, 3.8) is 0 Å². The van der Waals surface area contributed by atoms with Crippen molar-refractivity contribution in [1.82, 2.24) is 0 Å². The normalized spacial score (nSPS) is 46.6. The van der Waals surface area contributed by atoms with Crippen LogP contribution in [0, 0.1) is 17.8 Å². The second-order valence-corrected chi connectivity index (χ2v) is 3.40. The summed E-state index contributed by atoms with van der Waals surface area (Å²) in [6.45, 7) is 1.74. The molecule has 9 heavy (non-hydrogen) atoms. The van der Waals surface area contributed by atoms with Crippen LogP contribution >= 0.6 is 0 Å². The summed E-state index contributed by atoms with van der Waals surface area (Å²) < 4.78 is 0. The molecule has 0 aromatic carbocycles. The highest BCUT2D eigenvalue weighted by Crippen LogP contribution is 2.57. The summed E-state index contributed by atoms with van der Waals surface area (Å²) in [5.41, 5.74) is 0. The summed E-state index contributed by atoms with van der Waals surface area (Å²) in [5.74, 6) is 2.58. The molecular weight excluding hydrogens is 112 g/mol. The largest absolute Gasteiger partial charge is 0.300 e. The van der Waals surface area contributed by atoms with E-state index in [9.17, 15) is 4.79 Å². The third-order valence-corrected chi connectivity index (χ3v) is 2.88. The van der Waals surface area contributed by atoms with Crippen molar-refractivity contribution in [2.75, 3.05) is 0 Å². The molecule has 0 saturated heterocycles. The van der Waals surface area contributed by atoms with E-state index < -0.39 is 0 Å². The third kappa shape index (κ3) is 0.637. The Morgan fingerprint density at radius 1 is 1.33 bits per heavy atom. The van der Waals surface area contributed by atoms with Crippen LogP contribution < -0.4 is 0 Å². The Kier molecular flexibility index (Phi) is 0.961. The number of carbonyl (C=O) groups excluding carboxylic acids is 1. The first-order chi connectivity index (χ1) is 4.30. The molecule has 0 spiro atoms. The minimum atomic E-state index is 0.435. The summed E-state index contributed by atoms with van der Waals surface area (Å²) in [6, 6.07) is 0. The van der Waals surface area contributed by atoms with Gasteiger partial charge in [-0.25, -0.2) is 0 Å². The molecule has 2 aliphatic carbocycles. The van der Waals surface area contributed by atoms with Gasteiger partial charge in [0.05, 0.1) is 0 Å². The van der Waals surface area contributed by atoms with Crippen LogP contribution in [0.5, 0.6) is 0 Å². The zero-order valence-corrected chi connectivity index (χ0v) is 5.76. The van der Waals surface area contributed by atoms with Crippen LogP contribution in [0.1, 0.15) is 26.2 Å². The minimum absolute atomic E-state index is 0.435. The van der Waals surface area contributed by atoms with Gasteiger partial charge in [-0.05, 0) is 31.6 Å². The van der Waals surface area contributed by atoms with Gasteiger partial charge in [-0.15, -0.1) is 0 Å². The molecule has 0 aromatic heterocycles. The molecule has 0 heterocycles. The van der Waals surface area contributed by atoms with Gasteiger partial charge in [0.2, 0.25) is 0 Å². The molecule has 0 N–H and O–H groups in total. The fraction of sp³-hybridized carbons (Fsp3) is 0.875. The zero-order valence-electron chi connectivity index (χ0n) is 5.76. The number of Topliss-reactive ketones (excluding diaryl/α,β-unsaturated/α-hetero) is 1. The second kappa shape index (κ2) is 1.59. The molecule has 2 aliphatic rings. The Morgan fingerprint density at radius 3 is 2.22 bits per heavy atom. The van der Waals surface area contributed by atoms with Gasteiger partial charge in [0.1, 0.15) is 5.78 Å². The lowest BCUT2D eigenvalue weighted by Crippen LogP contribution is -1.98. The van der Waals surface area contributed by atoms with Crippen LogP contribution in [0.2, 0.25) is 0 Å². The monoisotopic (exact) mass is 124 g/mol. The summed E-state index contributed by atoms with van der Waals surface area (Å²) >= 11 is 0. The van der Waals surface area contributed by atoms with Crippen LogP contribution in [0.3, 0.4) is 0 Å². The molecule has 50 valence electrons. The van der Waals surface area contributed by atoms with Gasteiger partial charge in [0, 0.05) is 5.92 Å². The average molecular weight is 124 g/mol. The van der Waals surface area contributed by atoms with Crippen molar-refractivity contribution in [3.8, 4) is 0 Å². The molecule has 2 fully saturated rings. The minimum Gasteiger partial charge on any atom is -0.300 e.